The van der Waals surface area contributed by atoms with Gasteiger partial charge in [-0.2, -0.15) is 0 Å². The normalized spacial score (nSPS) is 25.4. The van der Waals surface area contributed by atoms with Crippen LogP contribution in [0.1, 0.15) is 52.4 Å². The molecule has 0 aromatic rings. The highest BCUT2D eigenvalue weighted by molar-refractivity contribution is 5.83. The minimum absolute atomic E-state index is 0.399. The van der Waals surface area contributed by atoms with E-state index in [1.165, 1.54) is 38.8 Å². The van der Waals surface area contributed by atoms with Crippen LogP contribution in [0.25, 0.3) is 0 Å². The molecule has 0 spiro atoms. The number of likely N-dealkylation sites (tertiary alicyclic amines) is 1. The van der Waals surface area contributed by atoms with Crippen molar-refractivity contribution >= 4 is 5.91 Å². The highest BCUT2D eigenvalue weighted by Crippen LogP contribution is 2.20. The van der Waals surface area contributed by atoms with Gasteiger partial charge in [0.05, 0.1) is 5.54 Å². The van der Waals surface area contributed by atoms with Crippen LogP contribution in [-0.4, -0.2) is 36.0 Å². The molecule has 18 heavy (non-hydrogen) atoms. The van der Waals surface area contributed by atoms with Gasteiger partial charge < -0.3 is 16.4 Å². The molecule has 1 aliphatic heterocycles. The average molecular weight is 255 g/mol. The molecule has 1 fully saturated rings. The van der Waals surface area contributed by atoms with E-state index >= 15 is 0 Å². The third kappa shape index (κ3) is 4.94. The Kier molecular flexibility index (Phi) is 6.09. The van der Waals surface area contributed by atoms with Gasteiger partial charge in [0.15, 0.2) is 0 Å². The lowest BCUT2D eigenvalue weighted by Gasteiger charge is -2.24. The van der Waals surface area contributed by atoms with Crippen LogP contribution in [0.2, 0.25) is 0 Å². The Morgan fingerprint density at radius 1 is 1.39 bits per heavy atom. The van der Waals surface area contributed by atoms with E-state index in [1.54, 1.807) is 6.92 Å². The zero-order chi connectivity index (χ0) is 13.6. The Morgan fingerprint density at radius 3 is 2.72 bits per heavy atom. The van der Waals surface area contributed by atoms with Crippen LogP contribution in [0.3, 0.4) is 0 Å². The van der Waals surface area contributed by atoms with Crippen molar-refractivity contribution in [2.75, 3.05) is 19.6 Å². The Labute approximate surface area is 111 Å². The second kappa shape index (κ2) is 7.10. The minimum atomic E-state index is -0.849. The van der Waals surface area contributed by atoms with E-state index < -0.39 is 11.4 Å². The molecule has 4 N–H and O–H groups in total. The fourth-order valence-electron chi connectivity index (χ4n) is 2.65. The monoisotopic (exact) mass is 255 g/mol. The van der Waals surface area contributed by atoms with Crippen molar-refractivity contribution < 1.29 is 4.79 Å². The minimum Gasteiger partial charge on any atom is -0.368 e. The van der Waals surface area contributed by atoms with Gasteiger partial charge in [0.1, 0.15) is 0 Å². The zero-order valence-corrected chi connectivity index (χ0v) is 12.0. The van der Waals surface area contributed by atoms with Crippen molar-refractivity contribution in [2.45, 2.75) is 57.9 Å². The number of hydrogen-bond acceptors (Lipinski definition) is 3. The molecule has 2 unspecified atom stereocenters. The second-order valence-electron chi connectivity index (χ2n) is 5.93. The molecular weight excluding hydrogens is 226 g/mol. The largest absolute Gasteiger partial charge is 0.368 e. The van der Waals surface area contributed by atoms with Crippen molar-refractivity contribution in [1.82, 2.24) is 4.90 Å². The summed E-state index contributed by atoms with van der Waals surface area (Å²) in [5.74, 6) is 0.504. The van der Waals surface area contributed by atoms with Crippen LogP contribution < -0.4 is 11.5 Å². The summed E-state index contributed by atoms with van der Waals surface area (Å²) >= 11 is 0. The average Bonchev–Trinajstić information content (AvgIpc) is 2.54. The lowest BCUT2D eigenvalue weighted by Crippen LogP contribution is -2.49. The van der Waals surface area contributed by atoms with Gasteiger partial charge in [-0.25, -0.2) is 0 Å². The number of nitrogens with two attached hydrogens (primary N) is 2. The molecule has 0 bridgehead atoms. The first-order valence-corrected chi connectivity index (χ1v) is 7.27. The maximum Gasteiger partial charge on any atom is 0.237 e. The summed E-state index contributed by atoms with van der Waals surface area (Å²) < 4.78 is 0. The van der Waals surface area contributed by atoms with Crippen LogP contribution in [0, 0.1) is 5.92 Å². The highest BCUT2D eigenvalue weighted by atomic mass is 16.1. The van der Waals surface area contributed by atoms with E-state index in [4.69, 9.17) is 11.5 Å². The van der Waals surface area contributed by atoms with Gasteiger partial charge >= 0.3 is 0 Å². The van der Waals surface area contributed by atoms with Gasteiger partial charge in [0.2, 0.25) is 5.91 Å². The quantitative estimate of drug-likeness (QED) is 0.755. The molecule has 0 saturated carbocycles. The predicted molar refractivity (Wildman–Crippen MR) is 75.1 cm³/mol. The Morgan fingerprint density at radius 2 is 2.11 bits per heavy atom. The van der Waals surface area contributed by atoms with E-state index in [9.17, 15) is 4.79 Å². The van der Waals surface area contributed by atoms with Crippen molar-refractivity contribution in [1.29, 1.82) is 0 Å². The standard InChI is InChI=1S/C14H29N3O/c1-3-12-6-4-9-17(11-7-12)10-5-8-14(2,16)13(15)18/h12H,3-11,16H2,1-2H3,(H2,15,18). The van der Waals surface area contributed by atoms with E-state index in [0.29, 0.717) is 6.42 Å². The number of rotatable bonds is 6. The highest BCUT2D eigenvalue weighted by Gasteiger charge is 2.25. The lowest BCUT2D eigenvalue weighted by atomic mass is 9.96. The summed E-state index contributed by atoms with van der Waals surface area (Å²) in [7, 11) is 0. The smallest absolute Gasteiger partial charge is 0.237 e. The van der Waals surface area contributed by atoms with E-state index in [-0.39, 0.29) is 0 Å². The van der Waals surface area contributed by atoms with Crippen molar-refractivity contribution in [2.24, 2.45) is 17.4 Å². The summed E-state index contributed by atoms with van der Waals surface area (Å²) in [6.07, 6.45) is 6.91. The number of carbonyl (C=O) groups is 1. The second-order valence-corrected chi connectivity index (χ2v) is 5.93. The van der Waals surface area contributed by atoms with Crippen LogP contribution >= 0.6 is 0 Å². The molecule has 1 amide bonds. The van der Waals surface area contributed by atoms with Crippen LogP contribution in [0.15, 0.2) is 0 Å². The molecule has 1 heterocycles. The molecule has 0 aromatic heterocycles. The summed E-state index contributed by atoms with van der Waals surface area (Å²) in [4.78, 5) is 13.6. The molecule has 1 saturated heterocycles. The van der Waals surface area contributed by atoms with Crippen molar-refractivity contribution in [3.63, 3.8) is 0 Å². The molecule has 1 aliphatic rings. The molecule has 4 heteroatoms. The topological polar surface area (TPSA) is 72.3 Å². The molecule has 0 aromatic carbocycles. The van der Waals surface area contributed by atoms with Gasteiger partial charge in [-0.3, -0.25) is 4.79 Å². The van der Waals surface area contributed by atoms with Gasteiger partial charge in [-0.15, -0.1) is 0 Å². The summed E-state index contributed by atoms with van der Waals surface area (Å²) in [5, 5.41) is 0. The first-order chi connectivity index (χ1) is 8.45. The molecule has 0 aliphatic carbocycles. The molecule has 2 atom stereocenters. The predicted octanol–water partition coefficient (Wildman–Crippen LogP) is 1.48. The van der Waals surface area contributed by atoms with Gasteiger partial charge in [0.25, 0.3) is 0 Å². The van der Waals surface area contributed by atoms with E-state index in [1.807, 2.05) is 0 Å². The first kappa shape index (κ1) is 15.4. The van der Waals surface area contributed by atoms with E-state index in [0.717, 1.165) is 18.9 Å². The van der Waals surface area contributed by atoms with E-state index in [2.05, 4.69) is 11.8 Å². The maximum atomic E-state index is 11.1. The lowest BCUT2D eigenvalue weighted by molar-refractivity contribution is -0.122. The molecule has 0 radical (unpaired) electrons. The summed E-state index contributed by atoms with van der Waals surface area (Å²) in [6.45, 7) is 7.43. The number of carbonyl (C=O) groups excluding carboxylic acids is 1. The first-order valence-electron chi connectivity index (χ1n) is 7.27. The maximum absolute atomic E-state index is 11.1. The van der Waals surface area contributed by atoms with Gasteiger partial charge in [0, 0.05) is 0 Å². The van der Waals surface area contributed by atoms with Crippen molar-refractivity contribution in [3.8, 4) is 0 Å². The summed E-state index contributed by atoms with van der Waals surface area (Å²) in [5.41, 5.74) is 10.3. The fraction of sp³-hybridized carbons (Fsp3) is 0.929. The zero-order valence-electron chi connectivity index (χ0n) is 12.0. The third-order valence-electron chi connectivity index (χ3n) is 4.25. The molecule has 4 nitrogen and oxygen atoms in total. The third-order valence-corrected chi connectivity index (χ3v) is 4.25. The number of hydrogen-bond donors (Lipinski definition) is 2. The van der Waals surface area contributed by atoms with Gasteiger partial charge in [-0.1, -0.05) is 13.3 Å². The number of amides is 1. The Bertz CT molecular complexity index is 266. The Hall–Kier alpha value is -0.610. The van der Waals surface area contributed by atoms with Crippen molar-refractivity contribution in [3.05, 3.63) is 0 Å². The molecule has 1 rings (SSSR count). The van der Waals surface area contributed by atoms with Crippen LogP contribution in [-0.2, 0) is 4.79 Å². The van der Waals surface area contributed by atoms with Crippen LogP contribution in [0.5, 0.6) is 0 Å². The fourth-order valence-corrected chi connectivity index (χ4v) is 2.65. The van der Waals surface area contributed by atoms with Gasteiger partial charge in [-0.05, 0) is 64.6 Å². The Balaban J connectivity index is 2.25. The summed E-state index contributed by atoms with van der Waals surface area (Å²) in [6, 6.07) is 0. The molecule has 106 valence electrons. The number of primary amides is 1. The molecular formula is C14H29N3O. The van der Waals surface area contributed by atoms with Crippen LogP contribution in [0.4, 0.5) is 0 Å². The number of nitrogens with zero attached hydrogens (tertiary/aromatic N) is 1. The SMILES string of the molecule is CCC1CCCN(CCCC(C)(N)C(N)=O)CC1.